The van der Waals surface area contributed by atoms with Crippen molar-refractivity contribution >= 4 is 21.2 Å². The van der Waals surface area contributed by atoms with Gasteiger partial charge in [0, 0.05) is 11.1 Å². The number of rotatable bonds is 6. The zero-order chi connectivity index (χ0) is 19.6. The van der Waals surface area contributed by atoms with Gasteiger partial charge in [0.1, 0.15) is 0 Å². The van der Waals surface area contributed by atoms with Crippen molar-refractivity contribution in [3.8, 4) is 0 Å². The third-order valence-corrected chi connectivity index (χ3v) is 7.59. The molecule has 1 fully saturated rings. The Morgan fingerprint density at radius 2 is 1.18 bits per heavy atom. The lowest BCUT2D eigenvalue weighted by molar-refractivity contribution is 0.105. The Morgan fingerprint density at radius 1 is 0.714 bits per heavy atom. The summed E-state index contributed by atoms with van der Waals surface area (Å²) in [5.74, 6) is -0.165. The molecule has 28 heavy (non-hydrogen) atoms. The van der Waals surface area contributed by atoms with Gasteiger partial charge in [-0.3, -0.25) is 4.79 Å². The van der Waals surface area contributed by atoms with Crippen molar-refractivity contribution in [2.24, 2.45) is 0 Å². The molecule has 0 atom stereocenters. The fraction of sp³-hybridized carbons (Fsp3) is 0.125. The molecule has 3 aromatic rings. The lowest BCUT2D eigenvalue weighted by Crippen LogP contribution is -2.22. The van der Waals surface area contributed by atoms with Gasteiger partial charge >= 0.3 is 0 Å². The van der Waals surface area contributed by atoms with Gasteiger partial charge < -0.3 is 0 Å². The molecule has 1 aliphatic carbocycles. The van der Waals surface area contributed by atoms with Crippen LogP contribution in [0.2, 0.25) is 0 Å². The zero-order valence-corrected chi connectivity index (χ0v) is 16.1. The molecule has 0 radical (unpaired) electrons. The van der Waals surface area contributed by atoms with Gasteiger partial charge in [-0.25, -0.2) is 8.42 Å². The minimum absolute atomic E-state index is 0.165. The lowest BCUT2D eigenvalue weighted by Gasteiger charge is -2.16. The van der Waals surface area contributed by atoms with E-state index in [2.05, 4.69) is 0 Å². The highest BCUT2D eigenvalue weighted by molar-refractivity contribution is 7.93. The first-order valence-electron chi connectivity index (χ1n) is 9.21. The highest BCUT2D eigenvalue weighted by Gasteiger charge is 2.53. The molecule has 0 N–H and O–H groups in total. The molecule has 0 amide bonds. The lowest BCUT2D eigenvalue weighted by atomic mass is 9.95. The molecule has 1 aliphatic rings. The first-order valence-corrected chi connectivity index (χ1v) is 10.7. The van der Waals surface area contributed by atoms with Crippen molar-refractivity contribution in [3.63, 3.8) is 0 Å². The molecule has 0 aromatic heterocycles. The van der Waals surface area contributed by atoms with Crippen LogP contribution in [-0.2, 0) is 9.84 Å². The second kappa shape index (κ2) is 7.21. The molecule has 140 valence electrons. The Labute approximate surface area is 165 Å². The molecule has 4 rings (SSSR count). The van der Waals surface area contributed by atoms with Crippen LogP contribution in [-0.4, -0.2) is 18.9 Å². The van der Waals surface area contributed by atoms with E-state index in [9.17, 15) is 13.2 Å². The van der Waals surface area contributed by atoms with Gasteiger partial charge in [-0.05, 0) is 30.5 Å². The highest BCUT2D eigenvalue weighted by atomic mass is 32.2. The number of carbonyl (C=O) groups excluding carboxylic acids is 1. The summed E-state index contributed by atoms with van der Waals surface area (Å²) in [6.07, 6.45) is 2.71. The Hall–Kier alpha value is -2.98. The summed E-state index contributed by atoms with van der Waals surface area (Å²) in [7, 11) is -3.57. The SMILES string of the molecule is O=C(/C(=C/C1(S(=O)(=O)c2ccccc2)CC1)c1ccccc1)c1ccccc1. The number of hydrogen-bond donors (Lipinski definition) is 0. The van der Waals surface area contributed by atoms with Crippen molar-refractivity contribution in [1.29, 1.82) is 0 Å². The highest BCUT2D eigenvalue weighted by Crippen LogP contribution is 2.49. The van der Waals surface area contributed by atoms with Crippen LogP contribution in [0.15, 0.2) is 102 Å². The van der Waals surface area contributed by atoms with Crippen molar-refractivity contribution in [3.05, 3.63) is 108 Å². The first-order chi connectivity index (χ1) is 13.5. The van der Waals surface area contributed by atoms with Gasteiger partial charge in [0.05, 0.1) is 9.64 Å². The monoisotopic (exact) mass is 388 g/mol. The van der Waals surface area contributed by atoms with E-state index in [1.807, 2.05) is 48.5 Å². The summed E-state index contributed by atoms with van der Waals surface area (Å²) in [6, 6.07) is 26.7. The number of benzene rings is 3. The van der Waals surface area contributed by atoms with Gasteiger partial charge in [0.2, 0.25) is 0 Å². The maximum atomic E-state index is 13.3. The molecule has 0 spiro atoms. The maximum Gasteiger partial charge on any atom is 0.193 e. The summed E-state index contributed by atoms with van der Waals surface area (Å²) >= 11 is 0. The van der Waals surface area contributed by atoms with E-state index in [0.29, 0.717) is 28.9 Å². The third-order valence-electron chi connectivity index (χ3n) is 5.10. The van der Waals surface area contributed by atoms with E-state index in [1.165, 1.54) is 0 Å². The van der Waals surface area contributed by atoms with Crippen molar-refractivity contribution in [1.82, 2.24) is 0 Å². The van der Waals surface area contributed by atoms with Gasteiger partial charge in [-0.1, -0.05) is 84.9 Å². The second-order valence-corrected chi connectivity index (χ2v) is 9.29. The number of carbonyl (C=O) groups is 1. The maximum absolute atomic E-state index is 13.3. The molecule has 0 bridgehead atoms. The fourth-order valence-electron chi connectivity index (χ4n) is 3.35. The van der Waals surface area contributed by atoms with Crippen LogP contribution in [0.4, 0.5) is 0 Å². The molecule has 3 nitrogen and oxygen atoms in total. The Kier molecular flexibility index (Phi) is 4.73. The first kappa shape index (κ1) is 18.4. The molecular weight excluding hydrogens is 368 g/mol. The van der Waals surface area contributed by atoms with E-state index < -0.39 is 14.6 Å². The summed E-state index contributed by atoms with van der Waals surface area (Å²) in [5, 5.41) is 0. The summed E-state index contributed by atoms with van der Waals surface area (Å²) < 4.78 is 25.5. The Bertz CT molecular complexity index is 1110. The number of Topliss-reactive ketones (excluding diaryl/α,β-unsaturated/α-hetero) is 1. The van der Waals surface area contributed by atoms with Gasteiger partial charge in [-0.15, -0.1) is 0 Å². The Balaban J connectivity index is 1.83. The van der Waals surface area contributed by atoms with Crippen molar-refractivity contribution in [2.75, 3.05) is 0 Å². The van der Waals surface area contributed by atoms with E-state index in [4.69, 9.17) is 0 Å². The van der Waals surface area contributed by atoms with Crippen molar-refractivity contribution < 1.29 is 13.2 Å². The fourth-order valence-corrected chi connectivity index (χ4v) is 5.25. The predicted octanol–water partition coefficient (Wildman–Crippen LogP) is 4.96. The molecule has 4 heteroatoms. The average Bonchev–Trinajstić information content (AvgIpc) is 3.55. The number of hydrogen-bond acceptors (Lipinski definition) is 3. The van der Waals surface area contributed by atoms with Crippen LogP contribution in [0.25, 0.3) is 5.57 Å². The van der Waals surface area contributed by atoms with Crippen molar-refractivity contribution in [2.45, 2.75) is 22.5 Å². The van der Waals surface area contributed by atoms with Crippen LogP contribution in [0, 0.1) is 0 Å². The summed E-state index contributed by atoms with van der Waals surface area (Å²) in [4.78, 5) is 13.5. The standard InChI is InChI=1S/C24H20O3S/c25-23(20-12-6-2-7-13-20)22(19-10-4-1-5-11-19)18-24(16-17-24)28(26,27)21-14-8-3-9-15-21/h1-15,18H,16-17H2/b22-18+. The van der Waals surface area contributed by atoms with Gasteiger partial charge in [0.25, 0.3) is 0 Å². The van der Waals surface area contributed by atoms with Crippen LogP contribution in [0.5, 0.6) is 0 Å². The van der Waals surface area contributed by atoms with Gasteiger partial charge in [-0.2, -0.15) is 0 Å². The van der Waals surface area contributed by atoms with Gasteiger partial charge in [0.15, 0.2) is 15.6 Å². The predicted molar refractivity (Wildman–Crippen MR) is 111 cm³/mol. The van der Waals surface area contributed by atoms with E-state index >= 15 is 0 Å². The largest absolute Gasteiger partial charge is 0.289 e. The summed E-state index contributed by atoms with van der Waals surface area (Å²) in [5.41, 5.74) is 1.71. The smallest absolute Gasteiger partial charge is 0.193 e. The van der Waals surface area contributed by atoms with Crippen LogP contribution >= 0.6 is 0 Å². The molecule has 0 heterocycles. The van der Waals surface area contributed by atoms with Crippen LogP contribution in [0.3, 0.4) is 0 Å². The Morgan fingerprint density at radius 3 is 1.68 bits per heavy atom. The summed E-state index contributed by atoms with van der Waals surface area (Å²) in [6.45, 7) is 0. The van der Waals surface area contributed by atoms with E-state index in [-0.39, 0.29) is 5.78 Å². The zero-order valence-electron chi connectivity index (χ0n) is 15.3. The normalized spacial score (nSPS) is 15.8. The average molecular weight is 388 g/mol. The van der Waals surface area contributed by atoms with Crippen LogP contribution in [0.1, 0.15) is 28.8 Å². The minimum Gasteiger partial charge on any atom is -0.289 e. The number of allylic oxidation sites excluding steroid dienone is 1. The molecular formula is C24H20O3S. The molecule has 0 unspecified atom stereocenters. The second-order valence-electron chi connectivity index (χ2n) is 7.00. The van der Waals surface area contributed by atoms with E-state index in [0.717, 1.165) is 5.56 Å². The molecule has 1 saturated carbocycles. The van der Waals surface area contributed by atoms with Crippen LogP contribution < -0.4 is 0 Å². The quantitative estimate of drug-likeness (QED) is 0.443. The number of sulfone groups is 1. The molecule has 0 saturated heterocycles. The third kappa shape index (κ3) is 3.32. The number of ketones is 1. The topological polar surface area (TPSA) is 51.2 Å². The molecule has 0 aliphatic heterocycles. The van der Waals surface area contributed by atoms with E-state index in [1.54, 1.807) is 48.5 Å². The minimum atomic E-state index is -3.57. The molecule has 3 aromatic carbocycles.